The molecule has 9 nitrogen and oxygen atoms in total. The average molecular weight is 627 g/mol. The number of carbonyl (C=O) groups is 1. The molecule has 4 heterocycles. The Morgan fingerprint density at radius 1 is 1.09 bits per heavy atom. The highest BCUT2D eigenvalue weighted by Crippen LogP contribution is 2.52. The first-order chi connectivity index (χ1) is 22.1. The number of halogens is 3. The molecule has 2 aliphatic carbocycles. The fourth-order valence-corrected chi connectivity index (χ4v) is 7.41. The predicted octanol–water partition coefficient (Wildman–Crippen LogP) is 5.08. The first-order valence-electron chi connectivity index (χ1n) is 15.7. The Balaban J connectivity index is 1.07. The molecule has 12 heteroatoms. The third-order valence-corrected chi connectivity index (χ3v) is 9.76. The molecule has 8 rings (SSSR count). The summed E-state index contributed by atoms with van der Waals surface area (Å²) >= 11 is 0. The smallest absolute Gasteiger partial charge is 0.320 e. The minimum absolute atomic E-state index is 0.0178. The molecule has 2 aliphatic heterocycles. The molecule has 0 atom stereocenters. The lowest BCUT2D eigenvalue weighted by atomic mass is 9.58. The Morgan fingerprint density at radius 3 is 2.63 bits per heavy atom. The van der Waals surface area contributed by atoms with Crippen LogP contribution in [0.3, 0.4) is 0 Å². The van der Waals surface area contributed by atoms with E-state index in [0.717, 1.165) is 42.9 Å². The quantitative estimate of drug-likeness (QED) is 0.288. The minimum atomic E-state index is -4.60. The number of hydrogen-bond donors (Lipinski definition) is 0. The zero-order chi connectivity index (χ0) is 31.8. The maximum atomic E-state index is 14.5. The van der Waals surface area contributed by atoms with Gasteiger partial charge in [-0.15, -0.1) is 15.3 Å². The Labute approximate surface area is 264 Å². The van der Waals surface area contributed by atoms with Crippen LogP contribution in [0.5, 0.6) is 0 Å². The normalized spacial score (nSPS) is 22.7. The van der Waals surface area contributed by atoms with Crippen molar-refractivity contribution in [2.45, 2.75) is 70.4 Å². The number of aromatic nitrogens is 6. The van der Waals surface area contributed by atoms with Gasteiger partial charge in [-0.25, -0.2) is 9.67 Å². The minimum Gasteiger partial charge on any atom is -0.320 e. The molecule has 46 heavy (non-hydrogen) atoms. The molecule has 2 fully saturated rings. The second-order valence-corrected chi connectivity index (χ2v) is 13.3. The molecule has 0 unspecified atom stereocenters. The van der Waals surface area contributed by atoms with E-state index in [1.54, 1.807) is 18.5 Å². The summed E-state index contributed by atoms with van der Waals surface area (Å²) in [5, 5.41) is 13.0. The van der Waals surface area contributed by atoms with Crippen LogP contribution in [-0.2, 0) is 44.8 Å². The van der Waals surface area contributed by atoms with Crippen LogP contribution in [0.25, 0.3) is 0 Å². The van der Waals surface area contributed by atoms with Crippen molar-refractivity contribution in [3.05, 3.63) is 88.0 Å². The van der Waals surface area contributed by atoms with Crippen LogP contribution in [0.1, 0.15) is 82.7 Å². The second kappa shape index (κ2) is 10.5. The van der Waals surface area contributed by atoms with Gasteiger partial charge >= 0.3 is 6.18 Å². The highest BCUT2D eigenvalue weighted by atomic mass is 19.4. The van der Waals surface area contributed by atoms with Crippen molar-refractivity contribution in [1.82, 2.24) is 34.4 Å². The van der Waals surface area contributed by atoms with Crippen LogP contribution in [0.15, 0.2) is 42.7 Å². The summed E-state index contributed by atoms with van der Waals surface area (Å²) in [6.45, 7) is 3.91. The van der Waals surface area contributed by atoms with Gasteiger partial charge in [-0.1, -0.05) is 25.0 Å². The van der Waals surface area contributed by atoms with Gasteiger partial charge < -0.3 is 9.47 Å². The van der Waals surface area contributed by atoms with Crippen molar-refractivity contribution >= 4 is 11.6 Å². The number of anilines is 1. The largest absolute Gasteiger partial charge is 0.416 e. The predicted molar refractivity (Wildman–Crippen MR) is 162 cm³/mol. The lowest BCUT2D eigenvalue weighted by Gasteiger charge is -2.46. The summed E-state index contributed by atoms with van der Waals surface area (Å²) in [5.74, 6) is 8.81. The van der Waals surface area contributed by atoms with E-state index < -0.39 is 17.6 Å². The third kappa shape index (κ3) is 4.97. The molecule has 4 aliphatic rings. The van der Waals surface area contributed by atoms with E-state index in [1.165, 1.54) is 11.0 Å². The zero-order valence-electron chi connectivity index (χ0n) is 25.7. The first-order valence-corrected chi connectivity index (χ1v) is 15.7. The third-order valence-electron chi connectivity index (χ3n) is 9.76. The van der Waals surface area contributed by atoms with Gasteiger partial charge in [-0.2, -0.15) is 13.2 Å². The van der Waals surface area contributed by atoms with E-state index in [0.29, 0.717) is 48.5 Å². The molecule has 2 aromatic carbocycles. The summed E-state index contributed by atoms with van der Waals surface area (Å²) < 4.78 is 47.3. The zero-order valence-corrected chi connectivity index (χ0v) is 25.7. The molecular weight excluding hydrogens is 593 g/mol. The van der Waals surface area contributed by atoms with Gasteiger partial charge in [0.05, 0.1) is 30.6 Å². The molecule has 0 radical (unpaired) electrons. The maximum Gasteiger partial charge on any atom is 0.416 e. The Hall–Kier alpha value is -4.50. The van der Waals surface area contributed by atoms with Crippen LogP contribution in [0.4, 0.5) is 18.9 Å². The highest BCUT2D eigenvalue weighted by molar-refractivity contribution is 6.10. The summed E-state index contributed by atoms with van der Waals surface area (Å²) in [4.78, 5) is 21.9. The lowest BCUT2D eigenvalue weighted by molar-refractivity contribution is -0.138. The van der Waals surface area contributed by atoms with Crippen LogP contribution in [0.2, 0.25) is 0 Å². The van der Waals surface area contributed by atoms with E-state index >= 15 is 0 Å². The molecule has 236 valence electrons. The number of rotatable bonds is 5. The number of aryl methyl sites for hydroxylation is 1. The average Bonchev–Trinajstić information content (AvgIpc) is 3.45. The molecule has 0 bridgehead atoms. The van der Waals surface area contributed by atoms with Gasteiger partial charge in [0.15, 0.2) is 0 Å². The van der Waals surface area contributed by atoms with Crippen LogP contribution in [-0.4, -0.2) is 46.9 Å². The number of carbonyl (C=O) groups excluding carboxylic acids is 1. The van der Waals surface area contributed by atoms with E-state index in [4.69, 9.17) is 0 Å². The van der Waals surface area contributed by atoms with E-state index in [-0.39, 0.29) is 29.6 Å². The van der Waals surface area contributed by atoms with Gasteiger partial charge in [-0.05, 0) is 78.5 Å². The standard InChI is InChI=1S/C34H33F3N8O/c1-21-15-33(16-21,32-40-38-20-42(32)2)24-4-3-5-25(14-24)44-18-27-26(31(44)46)12-23(13-28(27)34(35,36)37)17-43-10-11-45-30(19-43)39-29(41-45)9-8-22-6-7-22/h3-5,12-14,20-22H,6-7,10-11,15-19H2,1-2H3. The summed E-state index contributed by atoms with van der Waals surface area (Å²) in [5.41, 5.74) is 1.01. The van der Waals surface area contributed by atoms with Crippen LogP contribution in [0, 0.1) is 23.7 Å². The van der Waals surface area contributed by atoms with E-state index in [9.17, 15) is 18.0 Å². The Bertz CT molecular complexity index is 1920. The van der Waals surface area contributed by atoms with Crippen molar-refractivity contribution in [3.63, 3.8) is 0 Å². The number of amides is 1. The fourth-order valence-electron chi connectivity index (χ4n) is 7.41. The topological polar surface area (TPSA) is 85.0 Å². The number of benzene rings is 2. The Morgan fingerprint density at radius 2 is 1.91 bits per heavy atom. The van der Waals surface area contributed by atoms with Crippen molar-refractivity contribution in [3.8, 4) is 11.8 Å². The van der Waals surface area contributed by atoms with Crippen molar-refractivity contribution < 1.29 is 18.0 Å². The number of alkyl halides is 3. The fraction of sp³-hybridized carbons (Fsp3) is 0.441. The van der Waals surface area contributed by atoms with Gasteiger partial charge in [-0.3, -0.25) is 9.69 Å². The molecule has 4 aromatic rings. The highest BCUT2D eigenvalue weighted by Gasteiger charge is 2.48. The number of hydrogen-bond acceptors (Lipinski definition) is 6. The molecule has 0 saturated heterocycles. The molecular formula is C34H33F3N8O. The van der Waals surface area contributed by atoms with Crippen molar-refractivity contribution in [2.75, 3.05) is 11.4 Å². The summed E-state index contributed by atoms with van der Waals surface area (Å²) in [7, 11) is 1.91. The maximum absolute atomic E-state index is 14.5. The van der Waals surface area contributed by atoms with Crippen LogP contribution >= 0.6 is 0 Å². The van der Waals surface area contributed by atoms with Gasteiger partial charge in [0, 0.05) is 37.3 Å². The van der Waals surface area contributed by atoms with Gasteiger partial charge in [0.2, 0.25) is 5.82 Å². The first kappa shape index (κ1) is 28.9. The molecule has 1 amide bonds. The molecule has 0 spiro atoms. The summed E-state index contributed by atoms with van der Waals surface area (Å²) in [6.07, 6.45) is 1.06. The lowest BCUT2D eigenvalue weighted by Crippen LogP contribution is -2.43. The second-order valence-electron chi connectivity index (χ2n) is 13.3. The van der Waals surface area contributed by atoms with Crippen molar-refractivity contribution in [1.29, 1.82) is 0 Å². The number of nitrogens with zero attached hydrogens (tertiary/aromatic N) is 8. The van der Waals surface area contributed by atoms with Crippen LogP contribution < -0.4 is 4.90 Å². The van der Waals surface area contributed by atoms with Gasteiger partial charge in [0.25, 0.3) is 5.91 Å². The molecule has 2 aromatic heterocycles. The Kier molecular flexibility index (Phi) is 6.62. The monoisotopic (exact) mass is 626 g/mol. The molecule has 2 saturated carbocycles. The van der Waals surface area contributed by atoms with E-state index in [2.05, 4.69) is 39.0 Å². The SMILES string of the molecule is CC1CC(c2cccc(N3Cc4c(cc(CN5CCn6nc(C#CC7CC7)nc6C5)cc4C(F)(F)F)C3=O)c2)(c2nncn2C)C1. The van der Waals surface area contributed by atoms with Gasteiger partial charge in [0.1, 0.15) is 18.0 Å². The summed E-state index contributed by atoms with van der Waals surface area (Å²) in [6, 6.07) is 10.5. The number of fused-ring (bicyclic) bond motifs is 2. The molecule has 0 N–H and O–H groups in total. The van der Waals surface area contributed by atoms with Crippen molar-refractivity contribution in [2.24, 2.45) is 18.9 Å². The van der Waals surface area contributed by atoms with E-state index in [1.807, 2.05) is 39.4 Å².